The Hall–Kier alpha value is -2.76. The van der Waals surface area contributed by atoms with Gasteiger partial charge in [-0.25, -0.2) is 4.79 Å². The van der Waals surface area contributed by atoms with Gasteiger partial charge in [-0.3, -0.25) is 9.20 Å². The predicted octanol–water partition coefficient (Wildman–Crippen LogP) is 1.25. The molecule has 1 aromatic carbocycles. The molecular formula is C13H9N3O3. The Morgan fingerprint density at radius 1 is 1.26 bits per heavy atom. The van der Waals surface area contributed by atoms with E-state index in [1.165, 1.54) is 10.5 Å². The Balaban J connectivity index is 2.67. The van der Waals surface area contributed by atoms with E-state index < -0.39 is 5.97 Å². The molecule has 6 nitrogen and oxygen atoms in total. The van der Waals surface area contributed by atoms with Crippen LogP contribution in [0.2, 0.25) is 0 Å². The number of nitrogens with zero attached hydrogens (tertiary/aromatic N) is 3. The summed E-state index contributed by atoms with van der Waals surface area (Å²) in [7, 11) is 0. The number of benzene rings is 1. The summed E-state index contributed by atoms with van der Waals surface area (Å²) in [4.78, 5) is 23.4. The molecule has 0 bridgehead atoms. The van der Waals surface area contributed by atoms with Crippen LogP contribution in [-0.2, 0) is 0 Å². The summed E-state index contributed by atoms with van der Waals surface area (Å²) in [5.41, 5.74) is 0.823. The second-order valence-corrected chi connectivity index (χ2v) is 4.16. The standard InChI is InChI=1S/C13H9N3O3/c1-7-12(17)16-10-5-3-2-4-8(10)9(13(18)19)6-11(16)15-14-7/h2-6H,1H3,(H,18,19). The lowest BCUT2D eigenvalue weighted by Gasteiger charge is -2.08. The van der Waals surface area contributed by atoms with Gasteiger partial charge in [0.05, 0.1) is 11.1 Å². The molecular weight excluding hydrogens is 246 g/mol. The molecule has 0 amide bonds. The van der Waals surface area contributed by atoms with E-state index in [1.807, 2.05) is 0 Å². The number of carboxylic acid groups (broad SMARTS) is 1. The number of fused-ring (bicyclic) bond motifs is 3. The van der Waals surface area contributed by atoms with E-state index in [4.69, 9.17) is 0 Å². The molecule has 0 spiro atoms. The van der Waals surface area contributed by atoms with Crippen molar-refractivity contribution in [2.24, 2.45) is 0 Å². The number of aryl methyl sites for hydroxylation is 1. The summed E-state index contributed by atoms with van der Waals surface area (Å²) in [6, 6.07) is 8.19. The highest BCUT2D eigenvalue weighted by Gasteiger charge is 2.14. The Morgan fingerprint density at radius 3 is 2.74 bits per heavy atom. The molecule has 3 aromatic rings. The Kier molecular flexibility index (Phi) is 2.31. The molecule has 0 saturated carbocycles. The SMILES string of the molecule is Cc1nnc2cc(C(=O)O)c3ccccc3n2c1=O. The third kappa shape index (κ3) is 1.57. The second-order valence-electron chi connectivity index (χ2n) is 4.16. The fraction of sp³-hybridized carbons (Fsp3) is 0.0769. The summed E-state index contributed by atoms with van der Waals surface area (Å²) in [5.74, 6) is -1.06. The quantitative estimate of drug-likeness (QED) is 0.661. The van der Waals surface area contributed by atoms with E-state index >= 15 is 0 Å². The maximum Gasteiger partial charge on any atom is 0.336 e. The van der Waals surface area contributed by atoms with E-state index in [1.54, 1.807) is 31.2 Å². The third-order valence-electron chi connectivity index (χ3n) is 2.98. The van der Waals surface area contributed by atoms with Crippen molar-refractivity contribution < 1.29 is 9.90 Å². The fourth-order valence-corrected chi connectivity index (χ4v) is 2.09. The molecule has 0 aliphatic heterocycles. The maximum atomic E-state index is 12.1. The molecule has 2 aromatic heterocycles. The molecule has 19 heavy (non-hydrogen) atoms. The highest BCUT2D eigenvalue weighted by molar-refractivity contribution is 6.03. The largest absolute Gasteiger partial charge is 0.478 e. The van der Waals surface area contributed by atoms with Gasteiger partial charge in [-0.2, -0.15) is 0 Å². The lowest BCUT2D eigenvalue weighted by Crippen LogP contribution is -2.21. The van der Waals surface area contributed by atoms with Gasteiger partial charge in [0.2, 0.25) is 0 Å². The zero-order valence-corrected chi connectivity index (χ0v) is 9.99. The highest BCUT2D eigenvalue weighted by Crippen LogP contribution is 2.19. The van der Waals surface area contributed by atoms with Gasteiger partial charge in [-0.15, -0.1) is 10.2 Å². The fourth-order valence-electron chi connectivity index (χ4n) is 2.09. The molecule has 0 saturated heterocycles. The average Bonchev–Trinajstić information content (AvgIpc) is 2.41. The van der Waals surface area contributed by atoms with Crippen LogP contribution >= 0.6 is 0 Å². The summed E-state index contributed by atoms with van der Waals surface area (Å²) >= 11 is 0. The summed E-state index contributed by atoms with van der Waals surface area (Å²) in [6.45, 7) is 1.57. The van der Waals surface area contributed by atoms with Crippen LogP contribution < -0.4 is 5.56 Å². The molecule has 0 aliphatic rings. The van der Waals surface area contributed by atoms with Crippen molar-refractivity contribution in [3.05, 3.63) is 51.9 Å². The first-order chi connectivity index (χ1) is 9.09. The number of hydrogen-bond acceptors (Lipinski definition) is 4. The van der Waals surface area contributed by atoms with Crippen LogP contribution in [-0.4, -0.2) is 25.7 Å². The number of hydrogen-bond donors (Lipinski definition) is 1. The van der Waals surface area contributed by atoms with Crippen molar-refractivity contribution in [1.82, 2.24) is 14.6 Å². The minimum absolute atomic E-state index is 0.105. The molecule has 94 valence electrons. The van der Waals surface area contributed by atoms with Crippen molar-refractivity contribution in [3.63, 3.8) is 0 Å². The molecule has 0 aliphatic carbocycles. The zero-order valence-electron chi connectivity index (χ0n) is 9.99. The van der Waals surface area contributed by atoms with E-state index in [-0.39, 0.29) is 22.5 Å². The summed E-state index contributed by atoms with van der Waals surface area (Å²) < 4.78 is 1.38. The molecule has 0 radical (unpaired) electrons. The minimum Gasteiger partial charge on any atom is -0.478 e. The van der Waals surface area contributed by atoms with Crippen LogP contribution in [0.25, 0.3) is 16.6 Å². The third-order valence-corrected chi connectivity index (χ3v) is 2.98. The molecule has 0 fully saturated rings. The van der Waals surface area contributed by atoms with Gasteiger partial charge in [0.15, 0.2) is 5.65 Å². The van der Waals surface area contributed by atoms with Crippen LogP contribution in [0.4, 0.5) is 0 Å². The van der Waals surface area contributed by atoms with Crippen LogP contribution in [0.1, 0.15) is 16.1 Å². The predicted molar refractivity (Wildman–Crippen MR) is 68.5 cm³/mol. The number of pyridine rings is 1. The number of aromatic carboxylic acids is 1. The number of carbonyl (C=O) groups is 1. The van der Waals surface area contributed by atoms with E-state index in [2.05, 4.69) is 10.2 Å². The second kappa shape index (κ2) is 3.88. The first kappa shape index (κ1) is 11.3. The molecule has 3 rings (SSSR count). The Labute approximate surface area is 106 Å². The number of carboxylic acids is 1. The number of aromatic nitrogens is 3. The number of rotatable bonds is 1. The Morgan fingerprint density at radius 2 is 2.00 bits per heavy atom. The molecule has 6 heteroatoms. The van der Waals surface area contributed by atoms with Gasteiger partial charge in [-0.05, 0) is 19.1 Å². The lowest BCUT2D eigenvalue weighted by atomic mass is 10.1. The minimum atomic E-state index is -1.06. The summed E-state index contributed by atoms with van der Waals surface area (Å²) in [5, 5.41) is 17.4. The highest BCUT2D eigenvalue weighted by atomic mass is 16.4. The molecule has 0 unspecified atom stereocenters. The van der Waals surface area contributed by atoms with E-state index in [9.17, 15) is 14.7 Å². The van der Waals surface area contributed by atoms with Gasteiger partial charge in [0.1, 0.15) is 5.69 Å². The molecule has 1 N–H and O–H groups in total. The van der Waals surface area contributed by atoms with Crippen LogP contribution in [0.15, 0.2) is 35.1 Å². The van der Waals surface area contributed by atoms with Crippen molar-refractivity contribution in [2.75, 3.05) is 0 Å². The van der Waals surface area contributed by atoms with Crippen molar-refractivity contribution in [3.8, 4) is 0 Å². The molecule has 0 atom stereocenters. The average molecular weight is 255 g/mol. The zero-order chi connectivity index (χ0) is 13.6. The summed E-state index contributed by atoms with van der Waals surface area (Å²) in [6.07, 6.45) is 0. The topological polar surface area (TPSA) is 84.6 Å². The van der Waals surface area contributed by atoms with Gasteiger partial charge in [0.25, 0.3) is 5.56 Å². The van der Waals surface area contributed by atoms with Crippen molar-refractivity contribution in [2.45, 2.75) is 6.92 Å². The van der Waals surface area contributed by atoms with Crippen molar-refractivity contribution >= 4 is 22.5 Å². The van der Waals surface area contributed by atoms with Crippen molar-refractivity contribution in [1.29, 1.82) is 0 Å². The smallest absolute Gasteiger partial charge is 0.336 e. The maximum absolute atomic E-state index is 12.1. The Bertz CT molecular complexity index is 883. The van der Waals surface area contributed by atoms with Crippen LogP contribution in [0.3, 0.4) is 0 Å². The van der Waals surface area contributed by atoms with Gasteiger partial charge >= 0.3 is 5.97 Å². The normalized spacial score (nSPS) is 11.0. The monoisotopic (exact) mass is 255 g/mol. The van der Waals surface area contributed by atoms with E-state index in [0.29, 0.717) is 10.9 Å². The van der Waals surface area contributed by atoms with Crippen LogP contribution in [0, 0.1) is 6.92 Å². The van der Waals surface area contributed by atoms with Gasteiger partial charge < -0.3 is 5.11 Å². The lowest BCUT2D eigenvalue weighted by molar-refractivity contribution is 0.0699. The first-order valence-corrected chi connectivity index (χ1v) is 5.60. The number of para-hydroxylation sites is 1. The first-order valence-electron chi connectivity index (χ1n) is 5.60. The van der Waals surface area contributed by atoms with Gasteiger partial charge in [-0.1, -0.05) is 18.2 Å². The molecule has 2 heterocycles. The van der Waals surface area contributed by atoms with Gasteiger partial charge in [0, 0.05) is 5.39 Å². The van der Waals surface area contributed by atoms with E-state index in [0.717, 1.165) is 0 Å². The van der Waals surface area contributed by atoms with Crippen LogP contribution in [0.5, 0.6) is 0 Å².